The molecule has 0 bridgehead atoms. The molecule has 1 saturated heterocycles. The van der Waals surface area contributed by atoms with Crippen LogP contribution in [0.2, 0.25) is 0 Å². The first-order valence-corrected chi connectivity index (χ1v) is 3.88. The average Bonchev–Trinajstić information content (AvgIpc) is 2.32. The van der Waals surface area contributed by atoms with Crippen molar-refractivity contribution in [2.45, 2.75) is 24.6 Å². The van der Waals surface area contributed by atoms with E-state index in [1.54, 1.807) is 0 Å². The molecule has 6 heteroatoms. The highest BCUT2D eigenvalue weighted by atomic mass is 16.6. The van der Waals surface area contributed by atoms with E-state index >= 15 is 0 Å². The van der Waals surface area contributed by atoms with E-state index in [1.165, 1.54) is 7.05 Å². The average molecular weight is 172 g/mol. The molecule has 0 saturated carbocycles. The highest BCUT2D eigenvalue weighted by Crippen LogP contribution is 2.15. The first-order chi connectivity index (χ1) is 5.65. The lowest BCUT2D eigenvalue weighted by Gasteiger charge is -2.27. The Morgan fingerprint density at radius 3 is 3.00 bits per heavy atom. The number of ether oxygens (including phenoxy) is 1. The molecule has 4 atom stereocenters. The highest BCUT2D eigenvalue weighted by molar-refractivity contribution is 6.11. The molecule has 12 heavy (non-hydrogen) atoms. The number of hydrogen-bond acceptors (Lipinski definition) is 4. The first kappa shape index (κ1) is 9.95. The number of nitrogens with one attached hydrogen (secondary N) is 1. The van der Waals surface area contributed by atoms with Crippen molar-refractivity contribution in [2.75, 3.05) is 13.7 Å². The van der Waals surface area contributed by atoms with Crippen LogP contribution in [0.3, 0.4) is 0 Å². The smallest absolute Gasteiger partial charge is 0.134 e. The number of nitrogens with two attached hydrogens (primary N) is 1. The molecule has 2 radical (unpaired) electrons. The topological polar surface area (TPSA) is 72.0 Å². The summed E-state index contributed by atoms with van der Waals surface area (Å²) in [7, 11) is 7.04. The zero-order valence-electron chi connectivity index (χ0n) is 7.03. The zero-order valence-corrected chi connectivity index (χ0v) is 7.03. The first-order valence-electron chi connectivity index (χ1n) is 3.88. The SMILES string of the molecule is [B]C1C[C@H]([NH+](C)[O-])[C@@H](CON)O1. The van der Waals surface area contributed by atoms with Gasteiger partial charge in [0.05, 0.1) is 13.7 Å². The van der Waals surface area contributed by atoms with Gasteiger partial charge in [0.15, 0.2) is 0 Å². The van der Waals surface area contributed by atoms with E-state index in [1.807, 2.05) is 0 Å². The van der Waals surface area contributed by atoms with E-state index in [0.717, 1.165) is 0 Å². The summed E-state index contributed by atoms with van der Waals surface area (Å²) < 4.78 is 5.23. The van der Waals surface area contributed by atoms with Crippen molar-refractivity contribution in [3.8, 4) is 0 Å². The summed E-state index contributed by atoms with van der Waals surface area (Å²) in [6, 6.07) is -0.525. The monoisotopic (exact) mass is 172 g/mol. The second kappa shape index (κ2) is 4.20. The van der Waals surface area contributed by atoms with E-state index in [-0.39, 0.29) is 29.8 Å². The molecule has 1 aliphatic heterocycles. The van der Waals surface area contributed by atoms with E-state index in [0.29, 0.717) is 6.42 Å². The molecule has 0 spiro atoms. The number of hydrogen-bond donors (Lipinski definition) is 2. The van der Waals surface area contributed by atoms with Gasteiger partial charge in [0.25, 0.3) is 0 Å². The van der Waals surface area contributed by atoms with Gasteiger partial charge in [-0.05, 0) is 0 Å². The molecule has 1 aliphatic rings. The van der Waals surface area contributed by atoms with Gasteiger partial charge in [-0.1, -0.05) is 0 Å². The Balaban J connectivity index is 2.47. The molecule has 1 rings (SSSR count). The van der Waals surface area contributed by atoms with Gasteiger partial charge in [-0.2, -0.15) is 0 Å². The number of quaternary nitrogens is 1. The largest absolute Gasteiger partial charge is 0.634 e. The zero-order chi connectivity index (χ0) is 9.14. The number of likely N-dealkylation sites (N-methyl/N-ethyl adjacent to an activating group) is 1. The van der Waals surface area contributed by atoms with Crippen molar-refractivity contribution in [3.05, 3.63) is 5.21 Å². The van der Waals surface area contributed by atoms with Crippen LogP contribution in [0.1, 0.15) is 6.42 Å². The Morgan fingerprint density at radius 1 is 1.83 bits per heavy atom. The molecule has 68 valence electrons. The molecule has 0 aromatic heterocycles. The third-order valence-electron chi connectivity index (χ3n) is 2.07. The summed E-state index contributed by atoms with van der Waals surface area (Å²) in [5.74, 6) is 4.88. The standard InChI is InChI=1S/C6H13BN2O3/c1-9(10)4-2-6(7)12-5(4)3-11-8/h4-6,9H,2-3,8H2,1H3/t4-,5+,6?/m0/s1. The van der Waals surface area contributed by atoms with Crippen molar-refractivity contribution in [1.29, 1.82) is 0 Å². The summed E-state index contributed by atoms with van der Waals surface area (Å²) in [4.78, 5) is 4.42. The molecule has 0 amide bonds. The van der Waals surface area contributed by atoms with Crippen molar-refractivity contribution in [1.82, 2.24) is 0 Å². The minimum Gasteiger partial charge on any atom is -0.634 e. The van der Waals surface area contributed by atoms with Crippen LogP contribution in [-0.2, 0) is 9.57 Å². The van der Waals surface area contributed by atoms with Gasteiger partial charge in [0.2, 0.25) is 0 Å². The molecule has 3 N–H and O–H groups in total. The van der Waals surface area contributed by atoms with Gasteiger partial charge < -0.3 is 19.8 Å². The summed E-state index contributed by atoms with van der Waals surface area (Å²) in [6.07, 6.45) is 0.283. The third kappa shape index (κ3) is 2.18. The van der Waals surface area contributed by atoms with Crippen LogP contribution >= 0.6 is 0 Å². The fourth-order valence-corrected chi connectivity index (χ4v) is 1.45. The normalized spacial score (nSPS) is 38.4. The maximum atomic E-state index is 11.0. The number of hydroxylamine groups is 2. The Kier molecular flexibility index (Phi) is 3.48. The van der Waals surface area contributed by atoms with Crippen LogP contribution in [0.25, 0.3) is 0 Å². The summed E-state index contributed by atoms with van der Waals surface area (Å²) in [5.41, 5.74) is 0. The summed E-state index contributed by atoms with van der Waals surface area (Å²) in [6.45, 7) is 0.220. The third-order valence-corrected chi connectivity index (χ3v) is 2.07. The summed E-state index contributed by atoms with van der Waals surface area (Å²) >= 11 is 0. The lowest BCUT2D eigenvalue weighted by molar-refractivity contribution is -0.856. The Bertz CT molecular complexity index is 147. The van der Waals surface area contributed by atoms with Crippen molar-refractivity contribution in [3.63, 3.8) is 0 Å². The van der Waals surface area contributed by atoms with Gasteiger partial charge in [0, 0.05) is 12.4 Å². The molecule has 2 unspecified atom stereocenters. The van der Waals surface area contributed by atoms with Crippen LogP contribution < -0.4 is 11.0 Å². The lowest BCUT2D eigenvalue weighted by Crippen LogP contribution is -3.09. The van der Waals surface area contributed by atoms with E-state index in [4.69, 9.17) is 18.5 Å². The minimum atomic E-state index is -0.362. The molecule has 1 heterocycles. The lowest BCUT2D eigenvalue weighted by atomic mass is 9.95. The van der Waals surface area contributed by atoms with Crippen molar-refractivity contribution < 1.29 is 14.6 Å². The minimum absolute atomic E-state index is 0.0741. The molecule has 5 nitrogen and oxygen atoms in total. The van der Waals surface area contributed by atoms with Gasteiger partial charge in [-0.15, -0.1) is 0 Å². The van der Waals surface area contributed by atoms with E-state index in [2.05, 4.69) is 4.84 Å². The maximum absolute atomic E-state index is 11.0. The van der Waals surface area contributed by atoms with Gasteiger partial charge in [-0.25, -0.2) is 5.90 Å². The summed E-state index contributed by atoms with van der Waals surface area (Å²) in [5, 5.41) is 11.1. The molecule has 0 aromatic rings. The predicted octanol–water partition coefficient (Wildman–Crippen LogP) is -2.46. The second-order valence-electron chi connectivity index (χ2n) is 3.00. The van der Waals surface area contributed by atoms with Gasteiger partial charge in [0.1, 0.15) is 20.0 Å². The van der Waals surface area contributed by atoms with Gasteiger partial charge >= 0.3 is 0 Å². The van der Waals surface area contributed by atoms with Gasteiger partial charge in [-0.3, -0.25) is 0 Å². The second-order valence-corrected chi connectivity index (χ2v) is 3.00. The molecular weight excluding hydrogens is 159 g/mol. The Morgan fingerprint density at radius 2 is 2.50 bits per heavy atom. The highest BCUT2D eigenvalue weighted by Gasteiger charge is 2.36. The van der Waals surface area contributed by atoms with E-state index < -0.39 is 0 Å². The Hall–Kier alpha value is -0.135. The fraction of sp³-hybridized carbons (Fsp3) is 1.00. The Labute approximate surface area is 72.7 Å². The molecule has 1 fully saturated rings. The van der Waals surface area contributed by atoms with Crippen LogP contribution in [0.15, 0.2) is 0 Å². The fourth-order valence-electron chi connectivity index (χ4n) is 1.45. The van der Waals surface area contributed by atoms with Crippen LogP contribution in [0.4, 0.5) is 0 Å². The molecule has 0 aromatic carbocycles. The van der Waals surface area contributed by atoms with Crippen molar-refractivity contribution in [2.24, 2.45) is 5.90 Å². The van der Waals surface area contributed by atoms with E-state index in [9.17, 15) is 5.21 Å². The quantitative estimate of drug-likeness (QED) is 0.366. The van der Waals surface area contributed by atoms with Crippen LogP contribution in [-0.4, -0.2) is 39.6 Å². The molecule has 0 aliphatic carbocycles. The molecular formula is C6H13BN2O3. The van der Waals surface area contributed by atoms with Crippen molar-refractivity contribution >= 4 is 7.85 Å². The van der Waals surface area contributed by atoms with Crippen LogP contribution in [0.5, 0.6) is 0 Å². The maximum Gasteiger partial charge on any atom is 0.134 e. The van der Waals surface area contributed by atoms with Crippen LogP contribution in [0, 0.1) is 5.21 Å². The number of rotatable bonds is 3. The predicted molar refractivity (Wildman–Crippen MR) is 43.2 cm³/mol.